The lowest BCUT2D eigenvalue weighted by molar-refractivity contribution is -0.131. The Bertz CT molecular complexity index is 617. The van der Waals surface area contributed by atoms with Gasteiger partial charge in [-0.25, -0.2) is 4.79 Å². The number of carbonyl (C=O) groups excluding carboxylic acids is 1. The second-order valence-electron chi connectivity index (χ2n) is 3.37. The lowest BCUT2D eigenvalue weighted by atomic mass is 10.1. The first-order valence-electron chi connectivity index (χ1n) is 4.67. The quantitative estimate of drug-likeness (QED) is 0.648. The fourth-order valence-electron chi connectivity index (χ4n) is 1.58. The summed E-state index contributed by atoms with van der Waals surface area (Å²) in [5.74, 6) is -2.08. The van der Waals surface area contributed by atoms with E-state index in [2.05, 4.69) is 4.98 Å². The summed E-state index contributed by atoms with van der Waals surface area (Å²) in [6.45, 7) is 0. The SMILES string of the molecule is COc1cc2c(C(=O)C(=O)O)c[nH]c2cc1Cl. The van der Waals surface area contributed by atoms with Gasteiger partial charge in [-0.05, 0) is 12.1 Å². The van der Waals surface area contributed by atoms with Crippen molar-refractivity contribution in [1.29, 1.82) is 0 Å². The monoisotopic (exact) mass is 253 g/mol. The van der Waals surface area contributed by atoms with Crippen LogP contribution in [0.5, 0.6) is 5.75 Å². The molecule has 0 amide bonds. The average molecular weight is 254 g/mol. The molecule has 5 nitrogen and oxygen atoms in total. The van der Waals surface area contributed by atoms with E-state index in [4.69, 9.17) is 21.4 Å². The molecular formula is C11H8ClNO4. The molecule has 2 N–H and O–H groups in total. The number of ketones is 1. The van der Waals surface area contributed by atoms with Gasteiger partial charge in [-0.3, -0.25) is 4.79 Å². The summed E-state index contributed by atoms with van der Waals surface area (Å²) in [7, 11) is 1.44. The third-order valence-electron chi connectivity index (χ3n) is 2.39. The number of carboxylic acids is 1. The maximum absolute atomic E-state index is 11.4. The Labute approximate surface area is 101 Å². The van der Waals surface area contributed by atoms with E-state index in [1.54, 1.807) is 6.07 Å². The highest BCUT2D eigenvalue weighted by Crippen LogP contribution is 2.31. The number of Topliss-reactive ketones (excluding diaryl/α,β-unsaturated/α-hetero) is 1. The Morgan fingerprint density at radius 2 is 2.12 bits per heavy atom. The van der Waals surface area contributed by atoms with Crippen molar-refractivity contribution in [2.75, 3.05) is 7.11 Å². The molecule has 0 aliphatic heterocycles. The summed E-state index contributed by atoms with van der Waals surface area (Å²) in [6, 6.07) is 3.11. The van der Waals surface area contributed by atoms with Crippen molar-refractivity contribution in [2.24, 2.45) is 0 Å². The number of aromatic nitrogens is 1. The van der Waals surface area contributed by atoms with Crippen LogP contribution in [0.25, 0.3) is 10.9 Å². The van der Waals surface area contributed by atoms with Crippen LogP contribution in [-0.2, 0) is 4.79 Å². The Morgan fingerprint density at radius 1 is 1.41 bits per heavy atom. The molecule has 0 saturated heterocycles. The minimum absolute atomic E-state index is 0.0856. The first-order valence-corrected chi connectivity index (χ1v) is 5.04. The van der Waals surface area contributed by atoms with E-state index in [0.717, 1.165) is 0 Å². The topological polar surface area (TPSA) is 79.4 Å². The summed E-state index contributed by atoms with van der Waals surface area (Å²) < 4.78 is 5.01. The number of carbonyl (C=O) groups is 2. The summed E-state index contributed by atoms with van der Waals surface area (Å²) in [4.78, 5) is 24.8. The van der Waals surface area contributed by atoms with Crippen LogP contribution in [0.4, 0.5) is 0 Å². The summed E-state index contributed by atoms with van der Waals surface area (Å²) in [5, 5.41) is 9.53. The van der Waals surface area contributed by atoms with E-state index in [9.17, 15) is 9.59 Å². The molecule has 0 spiro atoms. The molecule has 0 atom stereocenters. The van der Waals surface area contributed by atoms with Crippen LogP contribution < -0.4 is 4.74 Å². The van der Waals surface area contributed by atoms with Crippen LogP contribution in [0.2, 0.25) is 5.02 Å². The number of rotatable bonds is 3. The number of benzene rings is 1. The molecule has 6 heteroatoms. The van der Waals surface area contributed by atoms with Crippen molar-refractivity contribution in [3.05, 3.63) is 28.9 Å². The highest BCUT2D eigenvalue weighted by atomic mass is 35.5. The van der Waals surface area contributed by atoms with Crippen molar-refractivity contribution in [3.8, 4) is 5.75 Å². The second-order valence-corrected chi connectivity index (χ2v) is 3.78. The average Bonchev–Trinajstić information content (AvgIpc) is 2.69. The van der Waals surface area contributed by atoms with Crippen LogP contribution in [0.1, 0.15) is 10.4 Å². The van der Waals surface area contributed by atoms with Gasteiger partial charge < -0.3 is 14.8 Å². The molecule has 0 fully saturated rings. The molecule has 1 heterocycles. The van der Waals surface area contributed by atoms with Gasteiger partial charge in [-0.15, -0.1) is 0 Å². The van der Waals surface area contributed by atoms with Crippen molar-refractivity contribution in [3.63, 3.8) is 0 Å². The number of carboxylic acid groups (broad SMARTS) is 1. The predicted molar refractivity (Wildman–Crippen MR) is 61.8 cm³/mol. The highest BCUT2D eigenvalue weighted by Gasteiger charge is 2.19. The molecule has 1 aromatic carbocycles. The zero-order valence-corrected chi connectivity index (χ0v) is 9.54. The van der Waals surface area contributed by atoms with Crippen LogP contribution in [0.3, 0.4) is 0 Å². The van der Waals surface area contributed by atoms with Crippen molar-refractivity contribution in [1.82, 2.24) is 4.98 Å². The molecule has 17 heavy (non-hydrogen) atoms. The second kappa shape index (κ2) is 4.10. The number of hydrogen-bond acceptors (Lipinski definition) is 3. The van der Waals surface area contributed by atoms with E-state index in [1.807, 2.05) is 0 Å². The van der Waals surface area contributed by atoms with Gasteiger partial charge in [0.15, 0.2) is 0 Å². The standard InChI is InChI=1S/C11H8ClNO4/c1-17-9-2-5-6(10(14)11(15)16)4-13-8(5)3-7(9)12/h2-4,13H,1H3,(H,15,16). The van der Waals surface area contributed by atoms with Crippen LogP contribution >= 0.6 is 11.6 Å². The number of methoxy groups -OCH3 is 1. The minimum Gasteiger partial charge on any atom is -0.495 e. The zero-order valence-electron chi connectivity index (χ0n) is 8.78. The summed E-state index contributed by atoms with van der Waals surface area (Å²) in [6.07, 6.45) is 1.34. The first-order chi connectivity index (χ1) is 8.04. The normalized spacial score (nSPS) is 10.5. The van der Waals surface area contributed by atoms with Gasteiger partial charge in [-0.2, -0.15) is 0 Å². The summed E-state index contributed by atoms with van der Waals surface area (Å²) >= 11 is 5.91. The maximum Gasteiger partial charge on any atom is 0.377 e. The molecule has 88 valence electrons. The highest BCUT2D eigenvalue weighted by molar-refractivity contribution is 6.42. The lowest BCUT2D eigenvalue weighted by Gasteiger charge is -2.03. The van der Waals surface area contributed by atoms with E-state index in [-0.39, 0.29) is 5.56 Å². The van der Waals surface area contributed by atoms with Crippen LogP contribution in [0.15, 0.2) is 18.3 Å². The fraction of sp³-hybridized carbons (Fsp3) is 0.0909. The lowest BCUT2D eigenvalue weighted by Crippen LogP contribution is -2.11. The molecule has 0 radical (unpaired) electrons. The van der Waals surface area contributed by atoms with Gasteiger partial charge in [0.2, 0.25) is 0 Å². The van der Waals surface area contributed by atoms with Gasteiger partial charge in [0.05, 0.1) is 17.7 Å². The van der Waals surface area contributed by atoms with E-state index < -0.39 is 11.8 Å². The number of ether oxygens (including phenoxy) is 1. The molecule has 2 rings (SSSR count). The van der Waals surface area contributed by atoms with Gasteiger partial charge >= 0.3 is 5.97 Å². The molecule has 0 unspecified atom stereocenters. The van der Waals surface area contributed by atoms with E-state index >= 15 is 0 Å². The van der Waals surface area contributed by atoms with Crippen LogP contribution in [-0.4, -0.2) is 29.0 Å². The number of nitrogens with one attached hydrogen (secondary N) is 1. The Hall–Kier alpha value is -2.01. The van der Waals surface area contributed by atoms with Gasteiger partial charge in [0.1, 0.15) is 5.75 Å². The Kier molecular flexibility index (Phi) is 2.77. The Balaban J connectivity index is 2.67. The zero-order chi connectivity index (χ0) is 12.6. The minimum atomic E-state index is -1.50. The number of fused-ring (bicyclic) bond motifs is 1. The predicted octanol–water partition coefficient (Wildman–Crippen LogP) is 2.10. The van der Waals surface area contributed by atoms with Crippen molar-refractivity contribution >= 4 is 34.3 Å². The number of H-pyrrole nitrogens is 1. The third kappa shape index (κ3) is 1.85. The smallest absolute Gasteiger partial charge is 0.377 e. The number of aromatic amines is 1. The fourth-order valence-corrected chi connectivity index (χ4v) is 1.82. The summed E-state index contributed by atoms with van der Waals surface area (Å²) in [5.41, 5.74) is 0.669. The molecule has 0 aliphatic rings. The molecule has 0 aliphatic carbocycles. The number of halogens is 1. The molecular weight excluding hydrogens is 246 g/mol. The van der Waals surface area contributed by atoms with Gasteiger partial charge in [0, 0.05) is 17.1 Å². The number of hydrogen-bond donors (Lipinski definition) is 2. The molecule has 0 saturated carbocycles. The van der Waals surface area contributed by atoms with E-state index in [1.165, 1.54) is 19.4 Å². The maximum atomic E-state index is 11.4. The van der Waals surface area contributed by atoms with Crippen LogP contribution in [0, 0.1) is 0 Å². The third-order valence-corrected chi connectivity index (χ3v) is 2.69. The van der Waals surface area contributed by atoms with Gasteiger partial charge in [0.25, 0.3) is 5.78 Å². The van der Waals surface area contributed by atoms with Crippen molar-refractivity contribution < 1.29 is 19.4 Å². The molecule has 0 bridgehead atoms. The molecule has 1 aromatic heterocycles. The number of aliphatic carboxylic acids is 1. The van der Waals surface area contributed by atoms with E-state index in [0.29, 0.717) is 21.7 Å². The molecule has 2 aromatic rings. The first kappa shape index (κ1) is 11.5. The van der Waals surface area contributed by atoms with Gasteiger partial charge in [-0.1, -0.05) is 11.6 Å². The largest absolute Gasteiger partial charge is 0.495 e. The van der Waals surface area contributed by atoms with Crippen molar-refractivity contribution in [2.45, 2.75) is 0 Å². The Morgan fingerprint density at radius 3 is 2.71 bits per heavy atom.